The Hall–Kier alpha value is -1.40. The van der Waals surface area contributed by atoms with Crippen LogP contribution in [0.2, 0.25) is 0 Å². The van der Waals surface area contributed by atoms with Gasteiger partial charge in [0.05, 0.1) is 25.4 Å². The Morgan fingerprint density at radius 1 is 0.314 bits per heavy atom. The molecule has 2 atom stereocenters. The molecule has 512 valence electrons. The minimum absolute atomic E-state index is 0.0222. The van der Waals surface area contributed by atoms with Crippen molar-refractivity contribution in [3.05, 3.63) is 12.2 Å². The van der Waals surface area contributed by atoms with E-state index in [2.05, 4.69) is 31.3 Å². The first-order valence-corrected chi connectivity index (χ1v) is 39.9. The molecule has 86 heavy (non-hydrogen) atoms. The predicted molar refractivity (Wildman–Crippen MR) is 380 cm³/mol. The summed E-state index contributed by atoms with van der Waals surface area (Å²) in [5, 5.41) is 23.5. The van der Waals surface area contributed by atoms with E-state index >= 15 is 0 Å². The summed E-state index contributed by atoms with van der Waals surface area (Å²) in [7, 11) is 0. The molecular formula is C80H157NO5. The number of carbonyl (C=O) groups excluding carboxylic acids is 2. The van der Waals surface area contributed by atoms with Crippen molar-refractivity contribution in [3.63, 3.8) is 0 Å². The van der Waals surface area contributed by atoms with Crippen molar-refractivity contribution in [3.8, 4) is 0 Å². The lowest BCUT2D eigenvalue weighted by Gasteiger charge is -2.22. The fourth-order valence-corrected chi connectivity index (χ4v) is 13.0. The number of nitrogens with one attached hydrogen (secondary N) is 1. The molecule has 2 unspecified atom stereocenters. The molecule has 0 bridgehead atoms. The Balaban J connectivity index is 3.34. The Morgan fingerprint density at radius 3 is 0.826 bits per heavy atom. The first-order valence-electron chi connectivity index (χ1n) is 39.9. The molecule has 6 heteroatoms. The topological polar surface area (TPSA) is 95.9 Å². The van der Waals surface area contributed by atoms with Crippen molar-refractivity contribution < 1.29 is 24.5 Å². The summed E-state index contributed by atoms with van der Waals surface area (Å²) in [5.74, 6) is -0.00373. The van der Waals surface area contributed by atoms with Crippen molar-refractivity contribution in [2.24, 2.45) is 0 Å². The van der Waals surface area contributed by atoms with Gasteiger partial charge in [0, 0.05) is 12.8 Å². The van der Waals surface area contributed by atoms with Gasteiger partial charge in [0.2, 0.25) is 5.91 Å². The van der Waals surface area contributed by atoms with Crippen molar-refractivity contribution >= 4 is 11.9 Å². The van der Waals surface area contributed by atoms with Crippen LogP contribution in [-0.2, 0) is 14.3 Å². The zero-order valence-corrected chi connectivity index (χ0v) is 58.8. The molecule has 0 aromatic carbocycles. The lowest BCUT2D eigenvalue weighted by molar-refractivity contribution is -0.143. The van der Waals surface area contributed by atoms with E-state index < -0.39 is 12.1 Å². The smallest absolute Gasteiger partial charge is 0.305 e. The van der Waals surface area contributed by atoms with E-state index in [0.717, 1.165) is 38.5 Å². The molecule has 0 saturated heterocycles. The highest BCUT2D eigenvalue weighted by atomic mass is 16.5. The Morgan fingerprint density at radius 2 is 0.547 bits per heavy atom. The third kappa shape index (κ3) is 71.7. The number of ether oxygens (including phenoxy) is 1. The van der Waals surface area contributed by atoms with E-state index in [-0.39, 0.29) is 18.5 Å². The van der Waals surface area contributed by atoms with Crippen LogP contribution in [-0.4, -0.2) is 47.4 Å². The number of esters is 1. The predicted octanol–water partition coefficient (Wildman–Crippen LogP) is 26.3. The molecule has 6 nitrogen and oxygen atoms in total. The van der Waals surface area contributed by atoms with Crippen LogP contribution >= 0.6 is 0 Å². The number of hydrogen-bond acceptors (Lipinski definition) is 5. The Bertz CT molecular complexity index is 1300. The van der Waals surface area contributed by atoms with Crippen LogP contribution in [0.15, 0.2) is 12.2 Å². The van der Waals surface area contributed by atoms with Gasteiger partial charge in [-0.05, 0) is 51.4 Å². The largest absolute Gasteiger partial charge is 0.466 e. The molecule has 0 radical (unpaired) electrons. The fraction of sp³-hybridized carbons (Fsp3) is 0.950. The second-order valence-electron chi connectivity index (χ2n) is 27.8. The molecule has 0 aliphatic rings. The van der Waals surface area contributed by atoms with Gasteiger partial charge in [0.25, 0.3) is 0 Å². The van der Waals surface area contributed by atoms with E-state index in [9.17, 15) is 19.8 Å². The maximum atomic E-state index is 12.6. The van der Waals surface area contributed by atoms with Crippen molar-refractivity contribution in [2.75, 3.05) is 13.2 Å². The zero-order valence-electron chi connectivity index (χ0n) is 58.8. The summed E-state index contributed by atoms with van der Waals surface area (Å²) in [4.78, 5) is 24.6. The molecule has 0 heterocycles. The molecule has 1 amide bonds. The monoisotopic (exact) mass is 1210 g/mol. The number of hydrogen-bond donors (Lipinski definition) is 3. The van der Waals surface area contributed by atoms with E-state index in [1.54, 1.807) is 0 Å². The third-order valence-corrected chi connectivity index (χ3v) is 19.1. The van der Waals surface area contributed by atoms with Gasteiger partial charge in [0.1, 0.15) is 0 Å². The van der Waals surface area contributed by atoms with E-state index in [0.29, 0.717) is 25.9 Å². The Kier molecular flexibility index (Phi) is 74.8. The summed E-state index contributed by atoms with van der Waals surface area (Å²) in [6.45, 7) is 5.01. The normalized spacial score (nSPS) is 12.5. The second-order valence-corrected chi connectivity index (χ2v) is 27.8. The van der Waals surface area contributed by atoms with Gasteiger partial charge < -0.3 is 20.3 Å². The number of carbonyl (C=O) groups is 2. The van der Waals surface area contributed by atoms with Crippen LogP contribution in [0.5, 0.6) is 0 Å². The molecule has 0 spiro atoms. The number of rotatable bonds is 76. The summed E-state index contributed by atoms with van der Waals surface area (Å²) in [6, 6.07) is -0.540. The van der Waals surface area contributed by atoms with Crippen LogP contribution in [0, 0.1) is 0 Å². The van der Waals surface area contributed by atoms with Crippen LogP contribution in [0.4, 0.5) is 0 Å². The average molecular weight is 1210 g/mol. The van der Waals surface area contributed by atoms with Gasteiger partial charge in [-0.1, -0.05) is 411 Å². The molecule has 0 fully saturated rings. The molecule has 0 aromatic rings. The van der Waals surface area contributed by atoms with E-state index in [1.165, 1.54) is 392 Å². The van der Waals surface area contributed by atoms with Crippen LogP contribution in [0.3, 0.4) is 0 Å². The summed E-state index contributed by atoms with van der Waals surface area (Å²) in [6.07, 6.45) is 95.9. The van der Waals surface area contributed by atoms with Crippen molar-refractivity contribution in [2.45, 2.75) is 475 Å². The van der Waals surface area contributed by atoms with Gasteiger partial charge in [-0.15, -0.1) is 0 Å². The van der Waals surface area contributed by atoms with Gasteiger partial charge in [0.15, 0.2) is 0 Å². The molecule has 3 N–H and O–H groups in total. The lowest BCUT2D eigenvalue weighted by atomic mass is 10.0. The summed E-state index contributed by atoms with van der Waals surface area (Å²) < 4.78 is 5.50. The second kappa shape index (κ2) is 76.1. The fourth-order valence-electron chi connectivity index (χ4n) is 13.0. The van der Waals surface area contributed by atoms with Gasteiger partial charge in [-0.25, -0.2) is 0 Å². The molecule has 0 aliphatic carbocycles. The lowest BCUT2D eigenvalue weighted by Crippen LogP contribution is -2.45. The first-order chi connectivity index (χ1) is 42.5. The maximum Gasteiger partial charge on any atom is 0.305 e. The third-order valence-electron chi connectivity index (χ3n) is 19.1. The first kappa shape index (κ1) is 84.6. The van der Waals surface area contributed by atoms with Gasteiger partial charge in [-0.2, -0.15) is 0 Å². The van der Waals surface area contributed by atoms with Crippen LogP contribution < -0.4 is 5.32 Å². The maximum absolute atomic E-state index is 12.6. The standard InChI is InChI=1S/C80H157NO5/c1-3-5-7-9-11-13-15-17-19-20-21-22-36-39-42-45-48-52-56-60-64-68-72-78(83)77(76-82)81-79(84)73-69-65-61-57-53-49-46-43-40-37-34-32-30-28-26-24-23-25-27-29-31-33-35-38-41-44-47-51-55-59-63-67-71-75-86-80(85)74-70-66-62-58-54-50-18-16-14-12-10-8-6-4-2/h27,29,77-78,82-83H,3-26,28,30-76H2,1-2H3,(H,81,84)/b29-27-. The highest BCUT2D eigenvalue weighted by Gasteiger charge is 2.20. The molecular weight excluding hydrogens is 1050 g/mol. The van der Waals surface area contributed by atoms with Gasteiger partial charge >= 0.3 is 5.97 Å². The van der Waals surface area contributed by atoms with Gasteiger partial charge in [-0.3, -0.25) is 9.59 Å². The highest BCUT2D eigenvalue weighted by molar-refractivity contribution is 5.76. The number of unbranched alkanes of at least 4 members (excludes halogenated alkanes) is 63. The van der Waals surface area contributed by atoms with Crippen molar-refractivity contribution in [1.29, 1.82) is 0 Å². The van der Waals surface area contributed by atoms with Crippen LogP contribution in [0.1, 0.15) is 463 Å². The minimum atomic E-state index is -0.663. The number of aliphatic hydroxyl groups is 2. The SMILES string of the molecule is CCCCCCCCCCCCCCCCCCCCCCCCC(O)C(CO)NC(=O)CCCCCCCCCCCCCCCCCCC/C=C\CCCCCCCCCCCCCCOC(=O)CCCCCCCCCCCCCCCC. The number of allylic oxidation sites excluding steroid dienone is 2. The van der Waals surface area contributed by atoms with E-state index in [1.807, 2.05) is 0 Å². The molecule has 0 saturated carbocycles. The van der Waals surface area contributed by atoms with Crippen molar-refractivity contribution in [1.82, 2.24) is 5.32 Å². The molecule has 0 aromatic heterocycles. The minimum Gasteiger partial charge on any atom is -0.466 e. The average Bonchev–Trinajstić information content (AvgIpc) is 3.58. The number of aliphatic hydroxyl groups excluding tert-OH is 2. The Labute approximate surface area is 539 Å². The quantitative estimate of drug-likeness (QED) is 0.0320. The zero-order chi connectivity index (χ0) is 62.0. The van der Waals surface area contributed by atoms with Crippen LogP contribution in [0.25, 0.3) is 0 Å². The molecule has 0 rings (SSSR count). The highest BCUT2D eigenvalue weighted by Crippen LogP contribution is 2.20. The molecule has 0 aliphatic heterocycles. The summed E-state index contributed by atoms with van der Waals surface area (Å²) >= 11 is 0. The summed E-state index contributed by atoms with van der Waals surface area (Å²) in [5.41, 5.74) is 0. The van der Waals surface area contributed by atoms with E-state index in [4.69, 9.17) is 4.74 Å². The number of amides is 1.